The van der Waals surface area contributed by atoms with Crippen LogP contribution in [0.15, 0.2) is 24.5 Å². The van der Waals surface area contributed by atoms with Crippen LogP contribution in [-0.2, 0) is 0 Å². The van der Waals surface area contributed by atoms with Gasteiger partial charge < -0.3 is 30.3 Å². The van der Waals surface area contributed by atoms with Gasteiger partial charge in [0.25, 0.3) is 0 Å². The Hall–Kier alpha value is -3.65. The molecule has 0 aliphatic carbocycles. The number of likely N-dealkylation sites (tertiary alicyclic amines) is 2. The van der Waals surface area contributed by atoms with Gasteiger partial charge >= 0.3 is 6.09 Å². The summed E-state index contributed by atoms with van der Waals surface area (Å²) in [4.78, 5) is 22.9. The Balaban J connectivity index is 1.38. The van der Waals surface area contributed by atoms with Crippen molar-refractivity contribution in [1.82, 2.24) is 19.8 Å². The number of carboxylic acid groups (broad SMARTS) is 1. The number of carbonyl (C=O) groups is 1. The summed E-state index contributed by atoms with van der Waals surface area (Å²) in [7, 11) is 0. The van der Waals surface area contributed by atoms with Gasteiger partial charge in [0.1, 0.15) is 24.3 Å². The topological polar surface area (TPSA) is 127 Å². The summed E-state index contributed by atoms with van der Waals surface area (Å²) in [6, 6.07) is 6.81. The monoisotopic (exact) mass is 469 g/mol. The molecule has 0 atom stereocenters. The molecule has 0 radical (unpaired) electrons. The number of nitriles is 1. The Morgan fingerprint density at radius 1 is 1.24 bits per heavy atom. The number of rotatable bonds is 8. The highest BCUT2D eigenvalue weighted by Crippen LogP contribution is 2.28. The molecule has 10 nitrogen and oxygen atoms in total. The minimum Gasteiger partial charge on any atom is -0.473 e. The molecule has 1 amide bonds. The van der Waals surface area contributed by atoms with Crippen LogP contribution in [0.2, 0.25) is 0 Å². The normalized spacial score (nSPS) is 16.8. The van der Waals surface area contributed by atoms with Crippen LogP contribution in [-0.4, -0.2) is 76.3 Å². The van der Waals surface area contributed by atoms with E-state index in [1.807, 2.05) is 6.07 Å². The quantitative estimate of drug-likeness (QED) is 0.534. The molecule has 2 saturated heterocycles. The van der Waals surface area contributed by atoms with E-state index in [-0.39, 0.29) is 29.1 Å². The lowest BCUT2D eigenvalue weighted by molar-refractivity contribution is 0.0869. The number of nitrogens with one attached hydrogen (secondary N) is 2. The van der Waals surface area contributed by atoms with Gasteiger partial charge in [-0.3, -0.25) is 0 Å². The largest absolute Gasteiger partial charge is 0.473 e. The summed E-state index contributed by atoms with van der Waals surface area (Å²) in [5.74, 6) is -0.240. The number of hydrogen-bond acceptors (Lipinski definition) is 8. The number of benzene rings is 1. The van der Waals surface area contributed by atoms with Crippen LogP contribution < -0.4 is 15.4 Å². The number of nitrogens with zero attached hydrogens (tertiary/aromatic N) is 5. The number of aromatic nitrogens is 2. The summed E-state index contributed by atoms with van der Waals surface area (Å²) in [5, 5.41) is 24.9. The second kappa shape index (κ2) is 11.0. The maximum atomic E-state index is 14.8. The van der Waals surface area contributed by atoms with Gasteiger partial charge in [0.2, 0.25) is 5.88 Å². The first-order valence-electron chi connectivity index (χ1n) is 11.5. The zero-order valence-corrected chi connectivity index (χ0v) is 18.8. The minimum absolute atomic E-state index is 0.0652. The molecule has 2 fully saturated rings. The van der Waals surface area contributed by atoms with E-state index in [0.29, 0.717) is 31.6 Å². The van der Waals surface area contributed by atoms with Gasteiger partial charge in [-0.05, 0) is 44.1 Å². The fourth-order valence-corrected chi connectivity index (χ4v) is 4.20. The Kier molecular flexibility index (Phi) is 7.59. The SMILES string of the molecule is N#Cc1c(Nc2ccc(NCCN3CCCC3)cc2F)ncnc1OC1CCN(C(=O)O)CC1. The maximum absolute atomic E-state index is 14.8. The molecule has 2 aromatic rings. The number of piperidine rings is 1. The molecule has 0 saturated carbocycles. The third-order valence-electron chi connectivity index (χ3n) is 6.09. The molecular weight excluding hydrogens is 441 g/mol. The van der Waals surface area contributed by atoms with Crippen molar-refractivity contribution < 1.29 is 19.0 Å². The molecule has 34 heavy (non-hydrogen) atoms. The van der Waals surface area contributed by atoms with Crippen LogP contribution in [0.4, 0.5) is 26.4 Å². The number of anilines is 3. The fourth-order valence-electron chi connectivity index (χ4n) is 4.20. The summed E-state index contributed by atoms with van der Waals surface area (Å²) < 4.78 is 20.6. The predicted molar refractivity (Wildman–Crippen MR) is 124 cm³/mol. The van der Waals surface area contributed by atoms with Crippen molar-refractivity contribution in [2.45, 2.75) is 31.8 Å². The highest BCUT2D eigenvalue weighted by Gasteiger charge is 2.25. The summed E-state index contributed by atoms with van der Waals surface area (Å²) >= 11 is 0. The molecular formula is C23H28FN7O3. The van der Waals surface area contributed by atoms with Crippen molar-refractivity contribution in [2.24, 2.45) is 0 Å². The predicted octanol–water partition coefficient (Wildman–Crippen LogP) is 3.26. The standard InChI is InChI=1S/C23H28FN7O3/c24-19-13-16(26-7-12-30-8-1-2-9-30)3-4-20(19)29-21-18(14-25)22(28-15-27-21)34-17-5-10-31(11-6-17)23(32)33/h3-4,13,15,17,26H,1-2,5-12H2,(H,32,33)(H,27,28,29). The maximum Gasteiger partial charge on any atom is 0.407 e. The lowest BCUT2D eigenvalue weighted by atomic mass is 10.1. The summed E-state index contributed by atoms with van der Waals surface area (Å²) in [6.45, 7) is 4.59. The van der Waals surface area contributed by atoms with Crippen LogP contribution in [0.1, 0.15) is 31.2 Å². The molecule has 0 unspecified atom stereocenters. The molecule has 2 aliphatic heterocycles. The van der Waals surface area contributed by atoms with Gasteiger partial charge in [0.15, 0.2) is 11.4 Å². The van der Waals surface area contributed by atoms with Crippen LogP contribution in [0.3, 0.4) is 0 Å². The van der Waals surface area contributed by atoms with Crippen molar-refractivity contribution in [2.75, 3.05) is 49.9 Å². The third kappa shape index (κ3) is 5.82. The van der Waals surface area contributed by atoms with Crippen LogP contribution in [0, 0.1) is 17.1 Å². The first-order valence-corrected chi connectivity index (χ1v) is 11.5. The van der Waals surface area contributed by atoms with E-state index in [0.717, 1.165) is 26.2 Å². The number of hydrogen-bond donors (Lipinski definition) is 3. The molecule has 3 heterocycles. The van der Waals surface area contributed by atoms with Crippen molar-refractivity contribution >= 4 is 23.3 Å². The Bertz CT molecular complexity index is 1050. The third-order valence-corrected chi connectivity index (χ3v) is 6.09. The van der Waals surface area contributed by atoms with Gasteiger partial charge in [0.05, 0.1) is 5.69 Å². The summed E-state index contributed by atoms with van der Waals surface area (Å²) in [5.41, 5.74) is 0.929. The number of amides is 1. The van der Waals surface area contributed by atoms with E-state index < -0.39 is 11.9 Å². The van der Waals surface area contributed by atoms with Crippen molar-refractivity contribution in [3.05, 3.63) is 35.9 Å². The molecule has 1 aromatic heterocycles. The first-order chi connectivity index (χ1) is 16.5. The van der Waals surface area contributed by atoms with Crippen LogP contribution in [0.25, 0.3) is 0 Å². The van der Waals surface area contributed by atoms with Crippen molar-refractivity contribution in [3.63, 3.8) is 0 Å². The average Bonchev–Trinajstić information content (AvgIpc) is 3.35. The molecule has 2 aliphatic rings. The van der Waals surface area contributed by atoms with Crippen molar-refractivity contribution in [3.8, 4) is 11.9 Å². The number of halogens is 1. The van der Waals surface area contributed by atoms with Crippen molar-refractivity contribution in [1.29, 1.82) is 5.26 Å². The Morgan fingerprint density at radius 3 is 2.68 bits per heavy atom. The van der Waals surface area contributed by atoms with Crippen LogP contribution >= 0.6 is 0 Å². The lowest BCUT2D eigenvalue weighted by Gasteiger charge is -2.30. The Morgan fingerprint density at radius 2 is 2.00 bits per heavy atom. The van der Waals surface area contributed by atoms with Gasteiger partial charge in [-0.2, -0.15) is 5.26 Å². The van der Waals surface area contributed by atoms with E-state index >= 15 is 0 Å². The molecule has 1 aromatic carbocycles. The van der Waals surface area contributed by atoms with Gasteiger partial charge in [0, 0.05) is 44.7 Å². The molecule has 3 N–H and O–H groups in total. The molecule has 0 bridgehead atoms. The van der Waals surface area contributed by atoms with Crippen LogP contribution in [0.5, 0.6) is 5.88 Å². The highest BCUT2D eigenvalue weighted by molar-refractivity contribution is 5.67. The minimum atomic E-state index is -0.959. The molecule has 180 valence electrons. The number of ether oxygens (including phenoxy) is 1. The van der Waals surface area contributed by atoms with E-state index in [9.17, 15) is 14.4 Å². The average molecular weight is 470 g/mol. The summed E-state index contributed by atoms with van der Waals surface area (Å²) in [6.07, 6.45) is 3.47. The Labute approximate surface area is 197 Å². The fraction of sp³-hybridized carbons (Fsp3) is 0.478. The lowest BCUT2D eigenvalue weighted by Crippen LogP contribution is -2.41. The first kappa shape index (κ1) is 23.5. The second-order valence-corrected chi connectivity index (χ2v) is 8.40. The van der Waals surface area contributed by atoms with Gasteiger partial charge in [-0.15, -0.1) is 0 Å². The molecule has 0 spiro atoms. The van der Waals surface area contributed by atoms with E-state index in [1.54, 1.807) is 12.1 Å². The molecule has 11 heteroatoms. The van der Waals surface area contributed by atoms with Gasteiger partial charge in [-0.1, -0.05) is 0 Å². The zero-order valence-electron chi connectivity index (χ0n) is 18.8. The smallest absolute Gasteiger partial charge is 0.407 e. The van der Waals surface area contributed by atoms with E-state index in [1.165, 1.54) is 30.1 Å². The zero-order chi connectivity index (χ0) is 23.9. The highest BCUT2D eigenvalue weighted by atomic mass is 19.1. The van der Waals surface area contributed by atoms with E-state index in [4.69, 9.17) is 9.84 Å². The van der Waals surface area contributed by atoms with Gasteiger partial charge in [-0.25, -0.2) is 19.2 Å². The molecule has 4 rings (SSSR count). The van der Waals surface area contributed by atoms with E-state index in [2.05, 4.69) is 25.5 Å². The second-order valence-electron chi connectivity index (χ2n) is 8.40.